The molecule has 100 valence electrons. The van der Waals surface area contributed by atoms with Crippen molar-refractivity contribution in [2.45, 2.75) is 6.42 Å². The average Bonchev–Trinajstić information content (AvgIpc) is 2.37. The molecule has 0 saturated heterocycles. The van der Waals surface area contributed by atoms with Crippen molar-refractivity contribution in [3.05, 3.63) is 29.0 Å². The van der Waals surface area contributed by atoms with Crippen molar-refractivity contribution in [3.63, 3.8) is 0 Å². The third kappa shape index (κ3) is 4.87. The lowest BCUT2D eigenvalue weighted by atomic mass is 10.3. The number of nitrogens with one attached hydrogen (secondary N) is 2. The van der Waals surface area contributed by atoms with E-state index in [-0.39, 0.29) is 5.02 Å². The number of nitrogens with two attached hydrogens (primary N) is 1. The molecule has 0 heterocycles. The topological polar surface area (TPSA) is 71.7 Å². The molecule has 0 atom stereocenters. The van der Waals surface area contributed by atoms with Gasteiger partial charge in [-0.25, -0.2) is 10.2 Å². The van der Waals surface area contributed by atoms with Crippen molar-refractivity contribution >= 4 is 23.2 Å². The standard InChI is InChI=1S/C11H16ClFN4O/c1-18-6-2-5-15-11(17-14)16-8-3-4-10(13)9(12)7-8/h3-4,7H,2,5-6,14H2,1H3,(H2,15,16,17). The Morgan fingerprint density at radius 1 is 1.56 bits per heavy atom. The molecule has 0 aromatic heterocycles. The highest BCUT2D eigenvalue weighted by Gasteiger charge is 2.02. The van der Waals surface area contributed by atoms with Crippen LogP contribution in [0.4, 0.5) is 10.1 Å². The summed E-state index contributed by atoms with van der Waals surface area (Å²) in [7, 11) is 1.63. The maximum Gasteiger partial charge on any atom is 0.210 e. The van der Waals surface area contributed by atoms with Crippen LogP contribution in [0.5, 0.6) is 0 Å². The van der Waals surface area contributed by atoms with E-state index in [1.54, 1.807) is 13.2 Å². The van der Waals surface area contributed by atoms with Crippen molar-refractivity contribution in [3.8, 4) is 0 Å². The second-order valence-electron chi connectivity index (χ2n) is 3.47. The highest BCUT2D eigenvalue weighted by Crippen LogP contribution is 2.19. The first-order valence-corrected chi connectivity index (χ1v) is 5.77. The molecule has 1 rings (SSSR count). The summed E-state index contributed by atoms with van der Waals surface area (Å²) in [5.74, 6) is 5.23. The van der Waals surface area contributed by atoms with Crippen LogP contribution >= 0.6 is 11.6 Å². The molecular weight excluding hydrogens is 259 g/mol. The maximum absolute atomic E-state index is 13.0. The van der Waals surface area contributed by atoms with E-state index >= 15 is 0 Å². The monoisotopic (exact) mass is 274 g/mol. The van der Waals surface area contributed by atoms with E-state index in [1.807, 2.05) is 0 Å². The lowest BCUT2D eigenvalue weighted by Crippen LogP contribution is -2.36. The second-order valence-corrected chi connectivity index (χ2v) is 3.88. The highest BCUT2D eigenvalue weighted by atomic mass is 35.5. The summed E-state index contributed by atoms with van der Waals surface area (Å²) < 4.78 is 17.9. The molecule has 18 heavy (non-hydrogen) atoms. The van der Waals surface area contributed by atoms with E-state index in [0.29, 0.717) is 24.8 Å². The van der Waals surface area contributed by atoms with Gasteiger partial charge in [0.15, 0.2) is 0 Å². The summed E-state index contributed by atoms with van der Waals surface area (Å²) in [5, 5.41) is 2.93. The highest BCUT2D eigenvalue weighted by molar-refractivity contribution is 6.31. The van der Waals surface area contributed by atoms with Crippen LogP contribution in [0.3, 0.4) is 0 Å². The first kappa shape index (κ1) is 14.7. The quantitative estimate of drug-likeness (QED) is 0.251. The molecule has 0 aliphatic rings. The van der Waals surface area contributed by atoms with Gasteiger partial charge in [-0.1, -0.05) is 11.6 Å². The largest absolute Gasteiger partial charge is 0.385 e. The van der Waals surface area contributed by atoms with E-state index in [2.05, 4.69) is 15.7 Å². The van der Waals surface area contributed by atoms with Crippen molar-refractivity contribution in [2.24, 2.45) is 10.8 Å². The van der Waals surface area contributed by atoms with E-state index in [0.717, 1.165) is 6.42 Å². The number of benzene rings is 1. The minimum Gasteiger partial charge on any atom is -0.385 e. The van der Waals surface area contributed by atoms with Gasteiger partial charge in [-0.3, -0.25) is 10.4 Å². The molecule has 0 amide bonds. The molecular formula is C11H16ClFN4O. The number of hydrogen-bond donors (Lipinski definition) is 3. The Bertz CT molecular complexity index is 414. The Hall–Kier alpha value is -1.37. The van der Waals surface area contributed by atoms with Crippen LogP contribution in [0.2, 0.25) is 5.02 Å². The number of hydrazine groups is 1. The molecule has 0 saturated carbocycles. The van der Waals surface area contributed by atoms with Gasteiger partial charge in [-0.2, -0.15) is 0 Å². The zero-order chi connectivity index (χ0) is 13.4. The number of nitrogens with zero attached hydrogens (tertiary/aromatic N) is 1. The van der Waals surface area contributed by atoms with Crippen LogP contribution in [-0.4, -0.2) is 26.2 Å². The van der Waals surface area contributed by atoms with Gasteiger partial charge in [-0.15, -0.1) is 0 Å². The van der Waals surface area contributed by atoms with Gasteiger partial charge in [0.1, 0.15) is 5.82 Å². The van der Waals surface area contributed by atoms with Crippen molar-refractivity contribution < 1.29 is 9.13 Å². The van der Waals surface area contributed by atoms with Gasteiger partial charge < -0.3 is 10.1 Å². The SMILES string of the molecule is COCCCN=C(NN)Nc1ccc(F)c(Cl)c1. The third-order valence-electron chi connectivity index (χ3n) is 2.10. The van der Waals surface area contributed by atoms with Crippen LogP contribution in [0.15, 0.2) is 23.2 Å². The van der Waals surface area contributed by atoms with Gasteiger partial charge in [0, 0.05) is 25.9 Å². The van der Waals surface area contributed by atoms with Gasteiger partial charge in [-0.05, 0) is 24.6 Å². The molecule has 1 aromatic carbocycles. The van der Waals surface area contributed by atoms with Crippen LogP contribution in [0.25, 0.3) is 0 Å². The summed E-state index contributed by atoms with van der Waals surface area (Å²) in [6.07, 6.45) is 0.785. The van der Waals surface area contributed by atoms with Crippen LogP contribution in [-0.2, 0) is 4.74 Å². The summed E-state index contributed by atoms with van der Waals surface area (Å²) in [4.78, 5) is 4.18. The fraction of sp³-hybridized carbons (Fsp3) is 0.364. The van der Waals surface area contributed by atoms with Gasteiger partial charge in [0.25, 0.3) is 0 Å². The molecule has 0 radical (unpaired) electrons. The van der Waals surface area contributed by atoms with Gasteiger partial charge in [0.05, 0.1) is 5.02 Å². The number of ether oxygens (including phenoxy) is 1. The van der Waals surface area contributed by atoms with E-state index in [1.165, 1.54) is 12.1 Å². The van der Waals surface area contributed by atoms with Crippen LogP contribution < -0.4 is 16.6 Å². The Morgan fingerprint density at radius 3 is 2.94 bits per heavy atom. The van der Waals surface area contributed by atoms with E-state index in [4.69, 9.17) is 22.2 Å². The Morgan fingerprint density at radius 2 is 2.33 bits per heavy atom. The zero-order valence-corrected chi connectivity index (χ0v) is 10.8. The normalized spacial score (nSPS) is 11.4. The fourth-order valence-corrected chi connectivity index (χ4v) is 1.41. The van der Waals surface area contributed by atoms with Crippen molar-refractivity contribution in [1.82, 2.24) is 5.43 Å². The fourth-order valence-electron chi connectivity index (χ4n) is 1.23. The zero-order valence-electron chi connectivity index (χ0n) is 10.0. The van der Waals surface area contributed by atoms with E-state index < -0.39 is 5.82 Å². The number of guanidine groups is 1. The average molecular weight is 275 g/mol. The Labute approximate surface area is 110 Å². The molecule has 5 nitrogen and oxygen atoms in total. The number of halogens is 2. The predicted octanol–water partition coefficient (Wildman–Crippen LogP) is 1.75. The number of anilines is 1. The number of methoxy groups -OCH3 is 1. The third-order valence-corrected chi connectivity index (χ3v) is 2.39. The van der Waals surface area contributed by atoms with Crippen LogP contribution in [0, 0.1) is 5.82 Å². The lowest BCUT2D eigenvalue weighted by Gasteiger charge is -2.09. The number of hydrogen-bond acceptors (Lipinski definition) is 3. The lowest BCUT2D eigenvalue weighted by molar-refractivity contribution is 0.197. The summed E-state index contributed by atoms with van der Waals surface area (Å²) >= 11 is 5.66. The maximum atomic E-state index is 13.0. The molecule has 4 N–H and O–H groups in total. The minimum atomic E-state index is -0.471. The minimum absolute atomic E-state index is 0.0377. The molecule has 0 aliphatic carbocycles. The summed E-state index contributed by atoms with van der Waals surface area (Å²) in [6.45, 7) is 1.19. The van der Waals surface area contributed by atoms with Crippen molar-refractivity contribution in [1.29, 1.82) is 0 Å². The summed E-state index contributed by atoms with van der Waals surface area (Å²) in [6, 6.07) is 4.27. The summed E-state index contributed by atoms with van der Waals surface area (Å²) in [5.41, 5.74) is 3.02. The molecule has 1 aromatic rings. The molecule has 7 heteroatoms. The molecule has 0 fully saturated rings. The van der Waals surface area contributed by atoms with Crippen LogP contribution in [0.1, 0.15) is 6.42 Å². The smallest absolute Gasteiger partial charge is 0.210 e. The molecule has 0 spiro atoms. The number of aliphatic imine (C=N–C) groups is 1. The van der Waals surface area contributed by atoms with Crippen molar-refractivity contribution in [2.75, 3.05) is 25.6 Å². The second kappa shape index (κ2) is 7.86. The Balaban J connectivity index is 2.58. The van der Waals surface area contributed by atoms with E-state index in [9.17, 15) is 4.39 Å². The Kier molecular flexibility index (Phi) is 6.42. The van der Waals surface area contributed by atoms with Gasteiger partial charge in [0.2, 0.25) is 5.96 Å². The first-order chi connectivity index (χ1) is 8.67. The first-order valence-electron chi connectivity index (χ1n) is 5.39. The molecule has 0 unspecified atom stereocenters. The predicted molar refractivity (Wildman–Crippen MR) is 71.2 cm³/mol. The number of rotatable bonds is 5. The molecule has 0 aliphatic heterocycles. The van der Waals surface area contributed by atoms with Gasteiger partial charge >= 0.3 is 0 Å². The molecule has 0 bridgehead atoms.